The van der Waals surface area contributed by atoms with E-state index in [-0.39, 0.29) is 5.54 Å². The highest BCUT2D eigenvalue weighted by Gasteiger charge is 2.38. The molecule has 0 amide bonds. The summed E-state index contributed by atoms with van der Waals surface area (Å²) in [7, 11) is 2.00. The Labute approximate surface area is 129 Å². The smallest absolute Gasteiger partial charge is 0.0706 e. The predicted molar refractivity (Wildman–Crippen MR) is 85.7 cm³/mol. The number of aryl methyl sites for hydroxylation is 1. The molecule has 0 heterocycles. The van der Waals surface area contributed by atoms with Crippen LogP contribution in [-0.2, 0) is 12.0 Å². The molecule has 2 aromatic carbocycles. The average Bonchev–Trinajstić information content (AvgIpc) is 2.49. The highest BCUT2D eigenvalue weighted by Crippen LogP contribution is 2.44. The summed E-state index contributed by atoms with van der Waals surface area (Å²) >= 11 is 12.7. The molecule has 0 aromatic heterocycles. The van der Waals surface area contributed by atoms with E-state index < -0.39 is 0 Å². The van der Waals surface area contributed by atoms with Gasteiger partial charge in [-0.3, -0.25) is 0 Å². The number of rotatable bonds is 2. The number of halogens is 2. The molecule has 1 atom stereocenters. The standard InChI is InChI=1S/C17H17Cl2N/c1-20-17(14-9-4-10-15(18)16(14)19)11-5-7-12-6-2-3-8-13(12)17/h2-4,6,8-10,20H,5,7,11H2,1H3. The van der Waals surface area contributed by atoms with E-state index in [0.717, 1.165) is 24.8 Å². The topological polar surface area (TPSA) is 12.0 Å². The number of hydrogen-bond donors (Lipinski definition) is 1. The summed E-state index contributed by atoms with van der Waals surface area (Å²) in [6.45, 7) is 0. The molecule has 1 aliphatic carbocycles. The second kappa shape index (κ2) is 5.40. The van der Waals surface area contributed by atoms with Crippen molar-refractivity contribution in [1.29, 1.82) is 0 Å². The fraction of sp³-hybridized carbons (Fsp3) is 0.294. The monoisotopic (exact) mass is 305 g/mol. The molecular formula is C17H17Cl2N. The first kappa shape index (κ1) is 13.9. The van der Waals surface area contributed by atoms with Crippen molar-refractivity contribution in [1.82, 2.24) is 5.32 Å². The summed E-state index contributed by atoms with van der Waals surface area (Å²) in [6, 6.07) is 14.5. The summed E-state index contributed by atoms with van der Waals surface area (Å²) in [5.41, 5.74) is 3.54. The van der Waals surface area contributed by atoms with Crippen molar-refractivity contribution in [3.05, 3.63) is 69.2 Å². The van der Waals surface area contributed by atoms with E-state index in [2.05, 4.69) is 35.6 Å². The number of nitrogens with one attached hydrogen (secondary N) is 1. The number of benzene rings is 2. The minimum Gasteiger partial charge on any atom is -0.307 e. The molecule has 1 aliphatic rings. The maximum Gasteiger partial charge on any atom is 0.0706 e. The van der Waals surface area contributed by atoms with Crippen molar-refractivity contribution in [2.75, 3.05) is 7.05 Å². The lowest BCUT2D eigenvalue weighted by Gasteiger charge is -2.40. The van der Waals surface area contributed by atoms with Crippen LogP contribution in [0.3, 0.4) is 0 Å². The number of hydrogen-bond acceptors (Lipinski definition) is 1. The maximum absolute atomic E-state index is 6.49. The fourth-order valence-electron chi connectivity index (χ4n) is 3.34. The molecule has 104 valence electrons. The molecule has 2 aromatic rings. The molecule has 0 saturated heterocycles. The molecule has 0 radical (unpaired) electrons. The van der Waals surface area contributed by atoms with Crippen LogP contribution in [0.2, 0.25) is 10.0 Å². The summed E-state index contributed by atoms with van der Waals surface area (Å²) in [4.78, 5) is 0. The van der Waals surface area contributed by atoms with Crippen LogP contribution in [0.15, 0.2) is 42.5 Å². The second-order valence-electron chi connectivity index (χ2n) is 5.27. The Morgan fingerprint density at radius 3 is 2.55 bits per heavy atom. The number of fused-ring (bicyclic) bond motifs is 1. The zero-order valence-corrected chi connectivity index (χ0v) is 12.9. The molecule has 0 spiro atoms. The van der Waals surface area contributed by atoms with Gasteiger partial charge in [-0.25, -0.2) is 0 Å². The summed E-state index contributed by atoms with van der Waals surface area (Å²) < 4.78 is 0. The molecule has 0 bridgehead atoms. The Balaban J connectivity index is 2.26. The van der Waals surface area contributed by atoms with Crippen molar-refractivity contribution in [2.45, 2.75) is 24.8 Å². The molecule has 1 unspecified atom stereocenters. The van der Waals surface area contributed by atoms with Crippen LogP contribution in [0.5, 0.6) is 0 Å². The van der Waals surface area contributed by atoms with Crippen LogP contribution in [0, 0.1) is 0 Å². The van der Waals surface area contributed by atoms with Crippen molar-refractivity contribution in [3.63, 3.8) is 0 Å². The van der Waals surface area contributed by atoms with Gasteiger partial charge >= 0.3 is 0 Å². The van der Waals surface area contributed by atoms with Crippen LogP contribution in [0.25, 0.3) is 0 Å². The highest BCUT2D eigenvalue weighted by molar-refractivity contribution is 6.42. The van der Waals surface area contributed by atoms with Gasteiger partial charge in [0.15, 0.2) is 0 Å². The minimum absolute atomic E-state index is 0.239. The van der Waals surface area contributed by atoms with Crippen molar-refractivity contribution in [3.8, 4) is 0 Å². The van der Waals surface area contributed by atoms with Gasteiger partial charge in [-0.2, -0.15) is 0 Å². The van der Waals surface area contributed by atoms with E-state index in [1.807, 2.05) is 19.2 Å². The van der Waals surface area contributed by atoms with Gasteiger partial charge in [0.25, 0.3) is 0 Å². The molecule has 1 N–H and O–H groups in total. The van der Waals surface area contributed by atoms with Crippen LogP contribution in [-0.4, -0.2) is 7.05 Å². The zero-order valence-electron chi connectivity index (χ0n) is 11.4. The predicted octanol–water partition coefficient (Wildman–Crippen LogP) is 4.79. The lowest BCUT2D eigenvalue weighted by Crippen LogP contribution is -2.44. The van der Waals surface area contributed by atoms with Gasteiger partial charge in [-0.15, -0.1) is 0 Å². The van der Waals surface area contributed by atoms with Gasteiger partial charge in [0, 0.05) is 0 Å². The molecule has 0 saturated carbocycles. The van der Waals surface area contributed by atoms with Gasteiger partial charge in [-0.1, -0.05) is 59.6 Å². The van der Waals surface area contributed by atoms with Gasteiger partial charge in [0.2, 0.25) is 0 Å². The second-order valence-corrected chi connectivity index (χ2v) is 6.05. The molecule has 3 heteroatoms. The van der Waals surface area contributed by atoms with Crippen LogP contribution >= 0.6 is 23.2 Å². The summed E-state index contributed by atoms with van der Waals surface area (Å²) in [6.07, 6.45) is 3.29. The fourth-order valence-corrected chi connectivity index (χ4v) is 3.80. The van der Waals surface area contributed by atoms with E-state index in [0.29, 0.717) is 10.0 Å². The lowest BCUT2D eigenvalue weighted by molar-refractivity contribution is 0.370. The van der Waals surface area contributed by atoms with E-state index in [9.17, 15) is 0 Å². The van der Waals surface area contributed by atoms with Crippen LogP contribution < -0.4 is 5.32 Å². The third-order valence-corrected chi connectivity index (χ3v) is 5.13. The van der Waals surface area contributed by atoms with Crippen molar-refractivity contribution in [2.24, 2.45) is 0 Å². The van der Waals surface area contributed by atoms with E-state index >= 15 is 0 Å². The zero-order chi connectivity index (χ0) is 14.2. The van der Waals surface area contributed by atoms with E-state index in [1.165, 1.54) is 11.1 Å². The molecular weight excluding hydrogens is 289 g/mol. The van der Waals surface area contributed by atoms with Gasteiger partial charge < -0.3 is 5.32 Å². The molecule has 1 nitrogen and oxygen atoms in total. The average molecular weight is 306 g/mol. The SMILES string of the molecule is CNC1(c2cccc(Cl)c2Cl)CCCc2ccccc21. The third-order valence-electron chi connectivity index (χ3n) is 4.31. The molecule has 3 rings (SSSR count). The van der Waals surface area contributed by atoms with E-state index in [1.54, 1.807) is 0 Å². The van der Waals surface area contributed by atoms with Gasteiger partial charge in [0.1, 0.15) is 0 Å². The molecule has 0 aliphatic heterocycles. The Morgan fingerprint density at radius 1 is 1.00 bits per heavy atom. The van der Waals surface area contributed by atoms with Gasteiger partial charge in [0.05, 0.1) is 15.6 Å². The van der Waals surface area contributed by atoms with Crippen molar-refractivity contribution >= 4 is 23.2 Å². The van der Waals surface area contributed by atoms with Gasteiger partial charge in [-0.05, 0) is 49.1 Å². The quantitative estimate of drug-likeness (QED) is 0.841. The minimum atomic E-state index is -0.239. The first-order chi connectivity index (χ1) is 9.69. The lowest BCUT2D eigenvalue weighted by atomic mass is 9.72. The summed E-state index contributed by atoms with van der Waals surface area (Å²) in [5.74, 6) is 0. The van der Waals surface area contributed by atoms with E-state index in [4.69, 9.17) is 23.2 Å². The Kier molecular flexibility index (Phi) is 3.76. The molecule has 20 heavy (non-hydrogen) atoms. The Bertz CT molecular complexity index is 639. The maximum atomic E-state index is 6.49. The summed E-state index contributed by atoms with van der Waals surface area (Å²) in [5, 5.41) is 4.78. The van der Waals surface area contributed by atoms with Crippen LogP contribution in [0.1, 0.15) is 29.5 Å². The highest BCUT2D eigenvalue weighted by atomic mass is 35.5. The normalized spacial score (nSPS) is 21.6. The first-order valence-electron chi connectivity index (χ1n) is 6.91. The third kappa shape index (κ3) is 2.05. The Morgan fingerprint density at radius 2 is 1.75 bits per heavy atom. The van der Waals surface area contributed by atoms with Crippen LogP contribution in [0.4, 0.5) is 0 Å². The Hall–Kier alpha value is -1.02. The first-order valence-corrected chi connectivity index (χ1v) is 7.66. The van der Waals surface area contributed by atoms with Crippen molar-refractivity contribution < 1.29 is 0 Å². The molecule has 0 fully saturated rings. The largest absolute Gasteiger partial charge is 0.307 e.